The van der Waals surface area contributed by atoms with E-state index >= 15 is 0 Å². The number of rotatable bonds is 3. The van der Waals surface area contributed by atoms with Gasteiger partial charge in [-0.2, -0.15) is 0 Å². The quantitative estimate of drug-likeness (QED) is 0.737. The van der Waals surface area contributed by atoms with Crippen LogP contribution >= 0.6 is 0 Å². The smallest absolute Gasteiger partial charge is 0.293 e. The van der Waals surface area contributed by atoms with Crippen LogP contribution in [0.25, 0.3) is 0 Å². The van der Waals surface area contributed by atoms with E-state index in [0.29, 0.717) is 13.1 Å². The summed E-state index contributed by atoms with van der Waals surface area (Å²) in [6, 6.07) is 9.55. The van der Waals surface area contributed by atoms with E-state index in [-0.39, 0.29) is 0 Å². The van der Waals surface area contributed by atoms with Crippen molar-refractivity contribution in [3.05, 3.63) is 35.9 Å². The summed E-state index contributed by atoms with van der Waals surface area (Å²) in [6.45, 7) is 5.01. The molecular formula is C13H18O3. The summed E-state index contributed by atoms with van der Waals surface area (Å²) in [6.07, 6.45) is 1.26. The molecule has 1 saturated heterocycles. The molecule has 0 bridgehead atoms. The fourth-order valence-corrected chi connectivity index (χ4v) is 1.36. The molecule has 3 heteroatoms. The van der Waals surface area contributed by atoms with Gasteiger partial charge in [0, 0.05) is 13.2 Å². The van der Waals surface area contributed by atoms with Crippen molar-refractivity contribution < 1.29 is 14.3 Å². The first-order valence-electron chi connectivity index (χ1n) is 5.50. The summed E-state index contributed by atoms with van der Waals surface area (Å²) in [7, 11) is 0. The molecule has 1 fully saturated rings. The molecule has 0 saturated carbocycles. The fraction of sp³-hybridized carbons (Fsp3) is 0.462. The van der Waals surface area contributed by atoms with Gasteiger partial charge >= 0.3 is 0 Å². The summed E-state index contributed by atoms with van der Waals surface area (Å²) in [5, 5.41) is 0. The third-order valence-electron chi connectivity index (χ3n) is 2.32. The Labute approximate surface area is 96.4 Å². The maximum absolute atomic E-state index is 9.76. The second kappa shape index (κ2) is 7.88. The molecule has 0 aromatic heterocycles. The van der Waals surface area contributed by atoms with Crippen molar-refractivity contribution in [3.8, 4) is 0 Å². The molecule has 1 unspecified atom stereocenters. The van der Waals surface area contributed by atoms with Crippen LogP contribution in [0.4, 0.5) is 0 Å². The maximum Gasteiger partial charge on any atom is 0.293 e. The molecule has 0 amide bonds. The summed E-state index contributed by atoms with van der Waals surface area (Å²) in [4.78, 5) is 9.76. The van der Waals surface area contributed by atoms with Crippen LogP contribution in [0.1, 0.15) is 18.9 Å². The zero-order chi connectivity index (χ0) is 11.6. The van der Waals surface area contributed by atoms with E-state index < -0.39 is 0 Å². The van der Waals surface area contributed by atoms with Crippen molar-refractivity contribution in [2.45, 2.75) is 20.0 Å². The van der Waals surface area contributed by atoms with E-state index in [9.17, 15) is 4.79 Å². The molecule has 16 heavy (non-hydrogen) atoms. The molecule has 1 aromatic rings. The monoisotopic (exact) mass is 222 g/mol. The van der Waals surface area contributed by atoms with Gasteiger partial charge < -0.3 is 9.47 Å². The highest BCUT2D eigenvalue weighted by Gasteiger charge is 2.07. The minimum Gasteiger partial charge on any atom is -0.463 e. The van der Waals surface area contributed by atoms with E-state index in [1.165, 1.54) is 6.42 Å². The van der Waals surface area contributed by atoms with Gasteiger partial charge in [-0.25, -0.2) is 0 Å². The predicted octanol–water partition coefficient (Wildman–Crippen LogP) is 2.40. The number of benzene rings is 1. The van der Waals surface area contributed by atoms with Crippen LogP contribution in [0, 0.1) is 5.92 Å². The average Bonchev–Trinajstić information content (AvgIpc) is 2.80. The van der Waals surface area contributed by atoms with Gasteiger partial charge in [-0.05, 0) is 17.9 Å². The van der Waals surface area contributed by atoms with Crippen molar-refractivity contribution >= 4 is 6.47 Å². The minimum atomic E-state index is 0.365. The zero-order valence-electron chi connectivity index (χ0n) is 9.59. The highest BCUT2D eigenvalue weighted by atomic mass is 16.5. The van der Waals surface area contributed by atoms with Crippen LogP contribution in [0.15, 0.2) is 30.3 Å². The standard InChI is InChI=1S/C8H8O2.C5H10O/c9-7-10-6-8-4-2-1-3-5-8;1-5-2-3-6-4-5/h1-5,7H,6H2;5H,2-4H2,1H3. The van der Waals surface area contributed by atoms with Crippen LogP contribution < -0.4 is 0 Å². The topological polar surface area (TPSA) is 35.5 Å². The molecule has 0 radical (unpaired) electrons. The highest BCUT2D eigenvalue weighted by molar-refractivity contribution is 5.37. The molecule has 2 rings (SSSR count). The van der Waals surface area contributed by atoms with E-state index in [1.807, 2.05) is 30.3 Å². The Morgan fingerprint density at radius 1 is 1.44 bits per heavy atom. The first kappa shape index (κ1) is 12.7. The third kappa shape index (κ3) is 5.51. The van der Waals surface area contributed by atoms with Crippen LogP contribution in [0.3, 0.4) is 0 Å². The fourth-order valence-electron chi connectivity index (χ4n) is 1.36. The van der Waals surface area contributed by atoms with Gasteiger partial charge in [-0.15, -0.1) is 0 Å². The number of hydrogen-bond donors (Lipinski definition) is 0. The van der Waals surface area contributed by atoms with Crippen molar-refractivity contribution in [3.63, 3.8) is 0 Å². The van der Waals surface area contributed by atoms with E-state index in [1.54, 1.807) is 0 Å². The van der Waals surface area contributed by atoms with E-state index in [0.717, 1.165) is 24.7 Å². The number of carbonyl (C=O) groups is 1. The molecule has 1 aromatic carbocycles. The molecular weight excluding hydrogens is 204 g/mol. The van der Waals surface area contributed by atoms with Gasteiger partial charge in [0.2, 0.25) is 0 Å². The van der Waals surface area contributed by atoms with Crippen molar-refractivity contribution in [1.29, 1.82) is 0 Å². The Balaban J connectivity index is 0.000000181. The molecule has 1 atom stereocenters. The Kier molecular flexibility index (Phi) is 6.26. The minimum absolute atomic E-state index is 0.365. The maximum atomic E-state index is 9.76. The molecule has 0 aliphatic carbocycles. The lowest BCUT2D eigenvalue weighted by Crippen LogP contribution is -1.88. The molecule has 3 nitrogen and oxygen atoms in total. The van der Waals surface area contributed by atoms with Gasteiger partial charge in [0.15, 0.2) is 0 Å². The molecule has 0 spiro atoms. The van der Waals surface area contributed by atoms with Gasteiger partial charge in [0.1, 0.15) is 6.61 Å². The van der Waals surface area contributed by atoms with E-state index in [4.69, 9.17) is 4.74 Å². The van der Waals surface area contributed by atoms with Crippen molar-refractivity contribution in [2.75, 3.05) is 13.2 Å². The highest BCUT2D eigenvalue weighted by Crippen LogP contribution is 2.09. The second-order valence-electron chi connectivity index (χ2n) is 3.86. The lowest BCUT2D eigenvalue weighted by Gasteiger charge is -1.95. The van der Waals surface area contributed by atoms with Crippen LogP contribution in [0.2, 0.25) is 0 Å². The lowest BCUT2D eigenvalue weighted by atomic mass is 10.2. The zero-order valence-corrected chi connectivity index (χ0v) is 9.59. The SMILES string of the molecule is CC1CCOC1.O=COCc1ccccc1. The van der Waals surface area contributed by atoms with Crippen LogP contribution in [-0.2, 0) is 20.9 Å². The Bertz CT molecular complexity index is 278. The van der Waals surface area contributed by atoms with Gasteiger partial charge in [0.25, 0.3) is 6.47 Å². The molecule has 1 heterocycles. The number of carbonyl (C=O) groups excluding carboxylic acids is 1. The Hall–Kier alpha value is -1.35. The average molecular weight is 222 g/mol. The predicted molar refractivity (Wildman–Crippen MR) is 61.9 cm³/mol. The van der Waals surface area contributed by atoms with Crippen molar-refractivity contribution in [1.82, 2.24) is 0 Å². The number of ether oxygens (including phenoxy) is 2. The van der Waals surface area contributed by atoms with Gasteiger partial charge in [-0.3, -0.25) is 4.79 Å². The third-order valence-corrected chi connectivity index (χ3v) is 2.32. The van der Waals surface area contributed by atoms with Crippen LogP contribution in [0.5, 0.6) is 0 Å². The van der Waals surface area contributed by atoms with E-state index in [2.05, 4.69) is 11.7 Å². The van der Waals surface area contributed by atoms with Crippen LogP contribution in [-0.4, -0.2) is 19.7 Å². The number of hydrogen-bond acceptors (Lipinski definition) is 3. The summed E-state index contributed by atoms with van der Waals surface area (Å²) in [5.41, 5.74) is 1.01. The molecule has 0 N–H and O–H groups in total. The lowest BCUT2D eigenvalue weighted by molar-refractivity contribution is -0.129. The second-order valence-corrected chi connectivity index (χ2v) is 3.86. The first-order valence-corrected chi connectivity index (χ1v) is 5.50. The molecule has 1 aliphatic rings. The van der Waals surface area contributed by atoms with Gasteiger partial charge in [-0.1, -0.05) is 37.3 Å². The van der Waals surface area contributed by atoms with Crippen molar-refractivity contribution in [2.24, 2.45) is 5.92 Å². The normalized spacial score (nSPS) is 18.4. The summed E-state index contributed by atoms with van der Waals surface area (Å²) in [5.74, 6) is 0.824. The van der Waals surface area contributed by atoms with Gasteiger partial charge in [0.05, 0.1) is 0 Å². The Morgan fingerprint density at radius 2 is 2.19 bits per heavy atom. The molecule has 1 aliphatic heterocycles. The molecule has 88 valence electrons. The largest absolute Gasteiger partial charge is 0.463 e. The summed E-state index contributed by atoms with van der Waals surface area (Å²) >= 11 is 0. The Morgan fingerprint density at radius 3 is 2.62 bits per heavy atom. The first-order chi connectivity index (χ1) is 7.83. The summed E-state index contributed by atoms with van der Waals surface area (Å²) < 4.78 is 9.60.